The number of benzene rings is 2. The van der Waals surface area contributed by atoms with E-state index in [0.717, 1.165) is 43.1 Å². The minimum Gasteiger partial charge on any atom is -0.429 e. The van der Waals surface area contributed by atoms with Crippen molar-refractivity contribution in [3.63, 3.8) is 0 Å². The van der Waals surface area contributed by atoms with E-state index in [-0.39, 0.29) is 11.2 Å². The molecule has 23 heavy (non-hydrogen) atoms. The summed E-state index contributed by atoms with van der Waals surface area (Å²) >= 11 is 0. The molecule has 0 radical (unpaired) electrons. The molecule has 4 nitrogen and oxygen atoms in total. The third-order valence-corrected chi connectivity index (χ3v) is 4.06. The monoisotopic (exact) mass is 309 g/mol. The van der Waals surface area contributed by atoms with Gasteiger partial charge >= 0.3 is 0 Å². The first-order valence-corrected chi connectivity index (χ1v) is 7.45. The molecular formula is C18H16FN3O. The Labute approximate surface area is 132 Å². The van der Waals surface area contributed by atoms with Crippen molar-refractivity contribution in [2.24, 2.45) is 0 Å². The number of imidazole rings is 1. The second-order valence-corrected chi connectivity index (χ2v) is 6.84. The fourth-order valence-corrected chi connectivity index (χ4v) is 2.91. The highest BCUT2D eigenvalue weighted by atomic mass is 19.1. The Bertz CT molecular complexity index is 998. The van der Waals surface area contributed by atoms with Crippen molar-refractivity contribution in [1.29, 1.82) is 0 Å². The normalized spacial score (nSPS) is 12.5. The number of hydrogen-bond donors (Lipinski definition) is 1. The quantitative estimate of drug-likeness (QED) is 0.386. The van der Waals surface area contributed by atoms with Crippen molar-refractivity contribution in [2.45, 2.75) is 26.2 Å². The van der Waals surface area contributed by atoms with E-state index in [2.05, 4.69) is 20.8 Å². The van der Waals surface area contributed by atoms with Crippen LogP contribution in [0, 0.1) is 5.82 Å². The molecule has 0 unspecified atom stereocenters. The van der Waals surface area contributed by atoms with Gasteiger partial charge in [0.2, 0.25) is 0 Å². The highest BCUT2D eigenvalue weighted by Crippen LogP contribution is 2.35. The molecule has 5 heteroatoms. The zero-order valence-electron chi connectivity index (χ0n) is 13.1. The number of halogens is 1. The highest BCUT2D eigenvalue weighted by Gasteiger charge is 2.22. The standard InChI is InChI=1S/C18H16FN3O/c1-18(2,3)17-20-15-11-5-4-10(19)8-13(11)14-9-22(23)7-6-12(14)16(15)21-17/h4-9,23H,1-3H3. The zero-order valence-corrected chi connectivity index (χ0v) is 13.1. The maximum absolute atomic E-state index is 13.8. The molecule has 2 aromatic carbocycles. The lowest BCUT2D eigenvalue weighted by Gasteiger charge is -2.12. The van der Waals surface area contributed by atoms with Crippen LogP contribution in [0.1, 0.15) is 26.6 Å². The Hall–Kier alpha value is -2.69. The Balaban J connectivity index is 2.29. The smallest absolute Gasteiger partial charge is 0.135 e. The molecule has 2 heterocycles. The summed E-state index contributed by atoms with van der Waals surface area (Å²) < 4.78 is 14.7. The second kappa shape index (κ2) is 4.41. The summed E-state index contributed by atoms with van der Waals surface area (Å²) in [6.07, 6.45) is 3.11. The molecule has 0 aliphatic rings. The average molecular weight is 309 g/mol. The first-order chi connectivity index (χ1) is 10.8. The van der Waals surface area contributed by atoms with Gasteiger partial charge in [0.25, 0.3) is 0 Å². The van der Waals surface area contributed by atoms with Crippen molar-refractivity contribution in [1.82, 2.24) is 14.7 Å². The van der Waals surface area contributed by atoms with Crippen LogP contribution in [0.15, 0.2) is 36.7 Å². The minimum absolute atomic E-state index is 0.177. The number of aromatic nitrogens is 3. The van der Waals surface area contributed by atoms with Crippen LogP contribution in [0.4, 0.5) is 4.39 Å². The van der Waals surface area contributed by atoms with Crippen molar-refractivity contribution < 1.29 is 9.60 Å². The van der Waals surface area contributed by atoms with Crippen molar-refractivity contribution in [3.8, 4) is 0 Å². The third kappa shape index (κ3) is 2.04. The maximum Gasteiger partial charge on any atom is 0.135 e. The minimum atomic E-state index is -0.318. The molecule has 4 aromatic rings. The van der Waals surface area contributed by atoms with Gasteiger partial charge in [-0.3, -0.25) is 0 Å². The summed E-state index contributed by atoms with van der Waals surface area (Å²) in [5.41, 5.74) is 1.38. The molecule has 1 N–H and O–H groups in total. The number of hydrogen-bond acceptors (Lipinski definition) is 3. The van der Waals surface area contributed by atoms with Crippen LogP contribution in [-0.4, -0.2) is 19.9 Å². The van der Waals surface area contributed by atoms with Crippen LogP contribution in [0.5, 0.6) is 0 Å². The summed E-state index contributed by atoms with van der Waals surface area (Å²) in [5.74, 6) is 0.438. The molecular weight excluding hydrogens is 293 g/mol. The summed E-state index contributed by atoms with van der Waals surface area (Å²) in [4.78, 5) is 9.43. The summed E-state index contributed by atoms with van der Waals surface area (Å²) in [5, 5.41) is 12.9. The molecule has 2 aromatic heterocycles. The molecule has 0 aliphatic carbocycles. The lowest BCUT2D eigenvalue weighted by atomic mass is 9.96. The third-order valence-electron chi connectivity index (χ3n) is 4.06. The number of pyridine rings is 1. The van der Waals surface area contributed by atoms with Gasteiger partial charge in [0, 0.05) is 27.8 Å². The van der Waals surface area contributed by atoms with Crippen LogP contribution >= 0.6 is 0 Å². The van der Waals surface area contributed by atoms with E-state index in [1.54, 1.807) is 24.5 Å². The fourth-order valence-electron chi connectivity index (χ4n) is 2.91. The molecule has 4 rings (SSSR count). The van der Waals surface area contributed by atoms with Crippen LogP contribution in [0.25, 0.3) is 32.6 Å². The van der Waals surface area contributed by atoms with Crippen molar-refractivity contribution >= 4 is 32.6 Å². The van der Waals surface area contributed by atoms with E-state index in [4.69, 9.17) is 9.97 Å². The Morgan fingerprint density at radius 3 is 2.26 bits per heavy atom. The molecule has 0 atom stereocenters. The second-order valence-electron chi connectivity index (χ2n) is 6.84. The number of rotatable bonds is 0. The van der Waals surface area contributed by atoms with Gasteiger partial charge in [-0.15, -0.1) is 0 Å². The fraction of sp³-hybridized carbons (Fsp3) is 0.222. The van der Waals surface area contributed by atoms with Gasteiger partial charge < -0.3 is 5.21 Å². The van der Waals surface area contributed by atoms with Gasteiger partial charge in [-0.05, 0) is 29.7 Å². The van der Waals surface area contributed by atoms with E-state index in [0.29, 0.717) is 0 Å². The number of fused-ring (bicyclic) bond motifs is 6. The molecule has 0 spiro atoms. The topological polar surface area (TPSA) is 50.9 Å². The maximum atomic E-state index is 13.8. The molecule has 0 fully saturated rings. The van der Waals surface area contributed by atoms with Crippen LogP contribution in [-0.2, 0) is 5.41 Å². The lowest BCUT2D eigenvalue weighted by molar-refractivity contribution is 0.186. The molecule has 0 aliphatic heterocycles. The van der Waals surface area contributed by atoms with Crippen molar-refractivity contribution in [3.05, 3.63) is 48.3 Å². The summed E-state index contributed by atoms with van der Waals surface area (Å²) in [6.45, 7) is 6.19. The van der Waals surface area contributed by atoms with Gasteiger partial charge in [0.1, 0.15) is 11.6 Å². The summed E-state index contributed by atoms with van der Waals surface area (Å²) in [6, 6.07) is 6.41. The average Bonchev–Trinajstić information content (AvgIpc) is 2.92. The molecule has 0 saturated heterocycles. The van der Waals surface area contributed by atoms with Gasteiger partial charge in [-0.2, -0.15) is 0 Å². The lowest BCUT2D eigenvalue weighted by Crippen LogP contribution is -2.12. The van der Waals surface area contributed by atoms with E-state index in [1.165, 1.54) is 12.1 Å². The van der Waals surface area contributed by atoms with Crippen LogP contribution in [0.3, 0.4) is 0 Å². The van der Waals surface area contributed by atoms with E-state index >= 15 is 0 Å². The Kier molecular flexibility index (Phi) is 2.67. The predicted octanol–water partition coefficient (Wildman–Crippen LogP) is 4.41. The predicted molar refractivity (Wildman–Crippen MR) is 88.4 cm³/mol. The van der Waals surface area contributed by atoms with Crippen LogP contribution in [0.2, 0.25) is 0 Å². The van der Waals surface area contributed by atoms with Gasteiger partial charge in [0.15, 0.2) is 0 Å². The summed E-state index contributed by atoms with van der Waals surface area (Å²) in [7, 11) is 0. The van der Waals surface area contributed by atoms with Crippen LogP contribution < -0.4 is 0 Å². The van der Waals surface area contributed by atoms with E-state index in [1.807, 2.05) is 0 Å². The molecule has 0 saturated carbocycles. The molecule has 0 bridgehead atoms. The van der Waals surface area contributed by atoms with Gasteiger partial charge in [-0.1, -0.05) is 20.8 Å². The Morgan fingerprint density at radius 2 is 1.61 bits per heavy atom. The Morgan fingerprint density at radius 1 is 0.957 bits per heavy atom. The SMILES string of the molecule is CC(C)(C)c1nc2c3ccc(F)cc3c3cn(O)ccc3c2n1. The van der Waals surface area contributed by atoms with Gasteiger partial charge in [0.05, 0.1) is 17.2 Å². The zero-order chi connectivity index (χ0) is 16.4. The first kappa shape index (κ1) is 13.9. The number of nitrogens with zero attached hydrogens (tertiary/aromatic N) is 3. The molecule has 116 valence electrons. The van der Waals surface area contributed by atoms with E-state index < -0.39 is 0 Å². The van der Waals surface area contributed by atoms with Gasteiger partial charge in [-0.25, -0.2) is 19.1 Å². The van der Waals surface area contributed by atoms with E-state index in [9.17, 15) is 9.60 Å². The van der Waals surface area contributed by atoms with Crippen molar-refractivity contribution in [2.75, 3.05) is 0 Å². The molecule has 0 amide bonds. The highest BCUT2D eigenvalue weighted by molar-refractivity contribution is 6.23. The first-order valence-electron chi connectivity index (χ1n) is 7.45. The largest absolute Gasteiger partial charge is 0.429 e.